The number of phenolic OH excluding ortho intramolecular Hbond substituents is 1. The molecule has 0 amide bonds. The van der Waals surface area contributed by atoms with E-state index in [-0.39, 0.29) is 5.97 Å². The molecule has 2 aromatic rings. The molecule has 0 unspecified atom stereocenters. The van der Waals surface area contributed by atoms with E-state index in [0.717, 1.165) is 54.4 Å². The van der Waals surface area contributed by atoms with E-state index in [1.165, 1.54) is 0 Å². The third-order valence-electron chi connectivity index (χ3n) is 4.33. The van der Waals surface area contributed by atoms with Crippen molar-refractivity contribution in [2.45, 2.75) is 45.4 Å². The number of benzene rings is 2. The molecule has 0 atom stereocenters. The predicted octanol–water partition coefficient (Wildman–Crippen LogP) is 3.98. The Kier molecular flexibility index (Phi) is 4.65. The van der Waals surface area contributed by atoms with Gasteiger partial charge in [0.15, 0.2) is 0 Å². The molecule has 0 saturated carbocycles. The first kappa shape index (κ1) is 15.6. The van der Waals surface area contributed by atoms with Crippen molar-refractivity contribution in [2.75, 3.05) is 0 Å². The van der Waals surface area contributed by atoms with Crippen molar-refractivity contribution in [3.63, 3.8) is 0 Å². The molecule has 0 aromatic heterocycles. The van der Waals surface area contributed by atoms with Crippen LogP contribution in [0.5, 0.6) is 11.5 Å². The summed E-state index contributed by atoms with van der Waals surface area (Å²) in [5.74, 6) is 0.909. The van der Waals surface area contributed by atoms with Gasteiger partial charge in [0.1, 0.15) is 11.5 Å². The third-order valence-corrected chi connectivity index (χ3v) is 4.33. The van der Waals surface area contributed by atoms with Gasteiger partial charge in [-0.2, -0.15) is 0 Å². The van der Waals surface area contributed by atoms with Crippen LogP contribution >= 0.6 is 0 Å². The number of ether oxygens (including phenoxy) is 1. The second-order valence-electron chi connectivity index (χ2n) is 6.13. The molecular formula is C20H22O3. The minimum atomic E-state index is -0.168. The van der Waals surface area contributed by atoms with Crippen LogP contribution < -0.4 is 4.74 Å². The van der Waals surface area contributed by atoms with Gasteiger partial charge in [-0.3, -0.25) is 4.79 Å². The Morgan fingerprint density at radius 1 is 1.00 bits per heavy atom. The van der Waals surface area contributed by atoms with E-state index < -0.39 is 0 Å². The maximum Gasteiger partial charge on any atom is 0.311 e. The number of esters is 1. The van der Waals surface area contributed by atoms with Gasteiger partial charge in [0.05, 0.1) is 0 Å². The first-order chi connectivity index (χ1) is 11.2. The lowest BCUT2D eigenvalue weighted by molar-refractivity contribution is -0.134. The summed E-state index contributed by atoms with van der Waals surface area (Å²) < 4.78 is 5.59. The molecule has 0 aliphatic heterocycles. The Bertz CT molecular complexity index is 719. The Morgan fingerprint density at radius 2 is 1.65 bits per heavy atom. The van der Waals surface area contributed by atoms with Gasteiger partial charge in [-0.15, -0.1) is 0 Å². The molecule has 23 heavy (non-hydrogen) atoms. The lowest BCUT2D eigenvalue weighted by Gasteiger charge is -2.15. The summed E-state index contributed by atoms with van der Waals surface area (Å²) in [4.78, 5) is 11.9. The quantitative estimate of drug-likeness (QED) is 0.689. The normalized spacial score (nSPS) is 13.4. The minimum Gasteiger partial charge on any atom is -0.508 e. The van der Waals surface area contributed by atoms with E-state index in [9.17, 15) is 9.90 Å². The number of rotatable bonds is 3. The van der Waals surface area contributed by atoms with Crippen LogP contribution in [0.2, 0.25) is 0 Å². The summed E-state index contributed by atoms with van der Waals surface area (Å²) in [7, 11) is 0. The van der Waals surface area contributed by atoms with Crippen molar-refractivity contribution in [1.29, 1.82) is 0 Å². The van der Waals surface area contributed by atoms with Crippen LogP contribution in [-0.2, 0) is 30.5 Å². The molecule has 0 saturated heterocycles. The Morgan fingerprint density at radius 3 is 2.35 bits per heavy atom. The average Bonchev–Trinajstić information content (AvgIpc) is 2.51. The standard InChI is InChI=1S/C20H22O3/c1-2-3-20(22)23-19-13-15-5-9-16-8-4-14(12-18(16)21)6-10-17(19)11-7-15/h4,7-8,11-13,21H,2-3,5-6,9-10H2,1H3. The number of hydrogen-bond donors (Lipinski definition) is 1. The van der Waals surface area contributed by atoms with Crippen LogP contribution in [0.4, 0.5) is 0 Å². The Balaban J connectivity index is 1.91. The van der Waals surface area contributed by atoms with E-state index in [1.54, 1.807) is 0 Å². The first-order valence-electron chi connectivity index (χ1n) is 8.29. The zero-order valence-electron chi connectivity index (χ0n) is 13.5. The lowest BCUT2D eigenvalue weighted by atomic mass is 9.95. The van der Waals surface area contributed by atoms with Crippen molar-refractivity contribution < 1.29 is 14.6 Å². The smallest absolute Gasteiger partial charge is 0.311 e. The van der Waals surface area contributed by atoms with Gasteiger partial charge >= 0.3 is 5.97 Å². The highest BCUT2D eigenvalue weighted by Gasteiger charge is 2.13. The fourth-order valence-electron chi connectivity index (χ4n) is 2.97. The number of carbonyl (C=O) groups excluding carboxylic acids is 1. The summed E-state index contributed by atoms with van der Waals surface area (Å²) in [6.07, 6.45) is 4.41. The van der Waals surface area contributed by atoms with Crippen LogP contribution in [0.3, 0.4) is 0 Å². The van der Waals surface area contributed by atoms with E-state index in [1.807, 2.05) is 25.1 Å². The van der Waals surface area contributed by atoms with Crippen molar-refractivity contribution in [3.05, 3.63) is 58.7 Å². The molecule has 0 heterocycles. The monoisotopic (exact) mass is 310 g/mol. The van der Waals surface area contributed by atoms with E-state index in [4.69, 9.17) is 4.74 Å². The van der Waals surface area contributed by atoms with E-state index in [2.05, 4.69) is 18.2 Å². The van der Waals surface area contributed by atoms with Crippen molar-refractivity contribution >= 4 is 5.97 Å². The molecule has 6 rings (SSSR count). The maximum atomic E-state index is 11.9. The Hall–Kier alpha value is -2.29. The summed E-state index contributed by atoms with van der Waals surface area (Å²) in [6, 6.07) is 12.1. The molecule has 1 N–H and O–H groups in total. The van der Waals surface area contributed by atoms with Gasteiger partial charge in [0.2, 0.25) is 0 Å². The zero-order valence-corrected chi connectivity index (χ0v) is 13.5. The number of aryl methyl sites for hydroxylation is 4. The molecule has 3 heteroatoms. The van der Waals surface area contributed by atoms with Gasteiger partial charge in [0.25, 0.3) is 0 Å². The molecule has 4 aliphatic carbocycles. The zero-order chi connectivity index (χ0) is 16.2. The van der Waals surface area contributed by atoms with Gasteiger partial charge < -0.3 is 9.84 Å². The van der Waals surface area contributed by atoms with Crippen LogP contribution in [-0.4, -0.2) is 11.1 Å². The highest BCUT2D eigenvalue weighted by atomic mass is 16.5. The van der Waals surface area contributed by atoms with Crippen LogP contribution in [0, 0.1) is 0 Å². The van der Waals surface area contributed by atoms with Gasteiger partial charge in [0, 0.05) is 6.42 Å². The topological polar surface area (TPSA) is 46.5 Å². The molecule has 3 nitrogen and oxygen atoms in total. The second-order valence-corrected chi connectivity index (χ2v) is 6.13. The average molecular weight is 310 g/mol. The Labute approximate surface area is 136 Å². The van der Waals surface area contributed by atoms with Crippen LogP contribution in [0.1, 0.15) is 42.0 Å². The summed E-state index contributed by atoms with van der Waals surface area (Å²) >= 11 is 0. The van der Waals surface area contributed by atoms with Crippen molar-refractivity contribution in [2.24, 2.45) is 0 Å². The maximum absolute atomic E-state index is 11.9. The SMILES string of the molecule is CCCC(=O)Oc1cc2ccc1CCc1ccc(c(O)c1)CC2. The fraction of sp³-hybridized carbons (Fsp3) is 0.350. The predicted molar refractivity (Wildman–Crippen MR) is 89.9 cm³/mol. The number of phenols is 1. The van der Waals surface area contributed by atoms with Crippen molar-refractivity contribution in [3.8, 4) is 11.5 Å². The molecule has 120 valence electrons. The highest BCUT2D eigenvalue weighted by Crippen LogP contribution is 2.28. The fourth-order valence-corrected chi connectivity index (χ4v) is 2.97. The molecule has 4 bridgehead atoms. The van der Waals surface area contributed by atoms with Crippen molar-refractivity contribution in [1.82, 2.24) is 0 Å². The van der Waals surface area contributed by atoms with E-state index in [0.29, 0.717) is 17.9 Å². The summed E-state index contributed by atoms with van der Waals surface area (Å²) in [6.45, 7) is 1.97. The summed E-state index contributed by atoms with van der Waals surface area (Å²) in [5, 5.41) is 10.1. The van der Waals surface area contributed by atoms with E-state index >= 15 is 0 Å². The molecule has 0 radical (unpaired) electrons. The third kappa shape index (κ3) is 3.73. The molecule has 0 fully saturated rings. The second kappa shape index (κ2) is 6.86. The first-order valence-corrected chi connectivity index (χ1v) is 8.29. The minimum absolute atomic E-state index is 0.168. The molecule has 4 aliphatic rings. The highest BCUT2D eigenvalue weighted by molar-refractivity contribution is 5.72. The summed E-state index contributed by atoms with van der Waals surface area (Å²) in [5.41, 5.74) is 4.23. The largest absolute Gasteiger partial charge is 0.508 e. The number of hydrogen-bond acceptors (Lipinski definition) is 3. The molecule has 0 spiro atoms. The van der Waals surface area contributed by atoms with Crippen LogP contribution in [0.15, 0.2) is 36.4 Å². The lowest BCUT2D eigenvalue weighted by Crippen LogP contribution is -2.10. The van der Waals surface area contributed by atoms with Gasteiger partial charge in [-0.05, 0) is 66.5 Å². The molecular weight excluding hydrogens is 288 g/mol. The van der Waals surface area contributed by atoms with Gasteiger partial charge in [-0.25, -0.2) is 0 Å². The van der Waals surface area contributed by atoms with Crippen LogP contribution in [0.25, 0.3) is 0 Å². The number of aromatic hydroxyl groups is 1. The molecule has 2 aromatic carbocycles. The van der Waals surface area contributed by atoms with Gasteiger partial charge in [-0.1, -0.05) is 31.2 Å². The number of carbonyl (C=O) groups is 1.